The van der Waals surface area contributed by atoms with E-state index in [0.717, 1.165) is 30.2 Å². The van der Waals surface area contributed by atoms with Crippen molar-refractivity contribution in [3.05, 3.63) is 16.9 Å². The number of methoxy groups -OCH3 is 1. The van der Waals surface area contributed by atoms with Gasteiger partial charge in [-0.25, -0.2) is 0 Å². The third-order valence-electron chi connectivity index (χ3n) is 2.88. The van der Waals surface area contributed by atoms with Crippen LogP contribution in [0.15, 0.2) is 6.20 Å². The zero-order chi connectivity index (χ0) is 12.8. The van der Waals surface area contributed by atoms with Gasteiger partial charge in [-0.15, -0.1) is 0 Å². The molecule has 0 saturated carbocycles. The average Bonchev–Trinajstić information content (AvgIpc) is 2.69. The Morgan fingerprint density at radius 3 is 2.76 bits per heavy atom. The summed E-state index contributed by atoms with van der Waals surface area (Å²) < 4.78 is 7.27. The molecule has 0 aliphatic rings. The van der Waals surface area contributed by atoms with E-state index in [-0.39, 0.29) is 12.1 Å². The predicted molar refractivity (Wildman–Crippen MR) is 70.4 cm³/mol. The van der Waals surface area contributed by atoms with E-state index in [9.17, 15) is 0 Å². The molecule has 1 rings (SSSR count). The lowest BCUT2D eigenvalue weighted by atomic mass is 10.1. The smallest absolute Gasteiger partial charge is 0.0834 e. The number of hydrogen-bond acceptors (Lipinski definition) is 3. The Bertz CT molecular complexity index is 340. The average molecular weight is 260 g/mol. The van der Waals surface area contributed by atoms with Crippen molar-refractivity contribution < 1.29 is 4.74 Å². The molecule has 1 aromatic heterocycles. The van der Waals surface area contributed by atoms with E-state index in [4.69, 9.17) is 16.3 Å². The lowest BCUT2D eigenvalue weighted by molar-refractivity contribution is 0.0995. The normalized spacial score (nSPS) is 14.9. The van der Waals surface area contributed by atoms with Gasteiger partial charge in [0.25, 0.3) is 0 Å². The van der Waals surface area contributed by atoms with Crippen LogP contribution < -0.4 is 5.32 Å². The minimum absolute atomic E-state index is 0.185. The standard InChI is InChI=1S/C12H22ClN3O/c1-5-14-11(7-9(3)17-4)12-10(13)8-15-16(12)6-2/h8-9,11,14H,5-7H2,1-4H3. The highest BCUT2D eigenvalue weighted by Crippen LogP contribution is 2.26. The van der Waals surface area contributed by atoms with Crippen molar-refractivity contribution in [3.63, 3.8) is 0 Å². The first kappa shape index (κ1) is 14.5. The Kier molecular flexibility index (Phi) is 5.95. The SMILES string of the molecule is CCNC(CC(C)OC)c1c(Cl)cnn1CC. The van der Waals surface area contributed by atoms with Crippen LogP contribution in [0.5, 0.6) is 0 Å². The molecular formula is C12H22ClN3O. The second kappa shape index (κ2) is 6.99. The maximum absolute atomic E-state index is 6.22. The van der Waals surface area contributed by atoms with Gasteiger partial charge in [-0.05, 0) is 26.8 Å². The van der Waals surface area contributed by atoms with Crippen LogP contribution in [0.1, 0.15) is 38.9 Å². The maximum atomic E-state index is 6.22. The monoisotopic (exact) mass is 259 g/mol. The van der Waals surface area contributed by atoms with E-state index in [1.54, 1.807) is 13.3 Å². The number of rotatable bonds is 7. The molecule has 98 valence electrons. The summed E-state index contributed by atoms with van der Waals surface area (Å²) in [5.74, 6) is 0. The number of ether oxygens (including phenoxy) is 1. The van der Waals surface area contributed by atoms with Crippen LogP contribution in [0.4, 0.5) is 0 Å². The van der Waals surface area contributed by atoms with Crippen LogP contribution in [0, 0.1) is 0 Å². The number of aryl methyl sites for hydroxylation is 1. The van der Waals surface area contributed by atoms with E-state index in [0.29, 0.717) is 0 Å². The van der Waals surface area contributed by atoms with Crippen molar-refractivity contribution in [2.75, 3.05) is 13.7 Å². The summed E-state index contributed by atoms with van der Waals surface area (Å²) >= 11 is 6.22. The summed E-state index contributed by atoms with van der Waals surface area (Å²) in [6, 6.07) is 0.185. The molecule has 5 heteroatoms. The van der Waals surface area contributed by atoms with Crippen molar-refractivity contribution in [3.8, 4) is 0 Å². The lowest BCUT2D eigenvalue weighted by Gasteiger charge is -2.22. The number of nitrogens with zero attached hydrogens (tertiary/aromatic N) is 2. The molecule has 1 N–H and O–H groups in total. The van der Waals surface area contributed by atoms with Crippen molar-refractivity contribution in [2.24, 2.45) is 0 Å². The molecule has 0 amide bonds. The first-order valence-corrected chi connectivity index (χ1v) is 6.49. The number of nitrogens with one attached hydrogen (secondary N) is 1. The van der Waals surface area contributed by atoms with Crippen LogP contribution in [-0.2, 0) is 11.3 Å². The predicted octanol–water partition coefficient (Wildman–Crippen LogP) is 2.63. The number of aromatic nitrogens is 2. The summed E-state index contributed by atoms with van der Waals surface area (Å²) in [7, 11) is 1.73. The lowest BCUT2D eigenvalue weighted by Crippen LogP contribution is -2.27. The molecule has 2 unspecified atom stereocenters. The van der Waals surface area contributed by atoms with Crippen LogP contribution >= 0.6 is 11.6 Å². The number of halogens is 1. The van der Waals surface area contributed by atoms with Gasteiger partial charge in [0.2, 0.25) is 0 Å². The van der Waals surface area contributed by atoms with Gasteiger partial charge in [0.15, 0.2) is 0 Å². The van der Waals surface area contributed by atoms with E-state index in [1.807, 2.05) is 4.68 Å². The second-order valence-corrected chi connectivity index (χ2v) is 4.49. The Balaban J connectivity index is 2.91. The van der Waals surface area contributed by atoms with Crippen molar-refractivity contribution in [2.45, 2.75) is 45.9 Å². The highest BCUT2D eigenvalue weighted by molar-refractivity contribution is 6.31. The Morgan fingerprint density at radius 1 is 1.53 bits per heavy atom. The molecule has 0 radical (unpaired) electrons. The molecule has 0 aromatic carbocycles. The van der Waals surface area contributed by atoms with E-state index in [1.165, 1.54) is 0 Å². The van der Waals surface area contributed by atoms with Gasteiger partial charge in [-0.1, -0.05) is 18.5 Å². The molecule has 1 aromatic rings. The largest absolute Gasteiger partial charge is 0.382 e. The van der Waals surface area contributed by atoms with Gasteiger partial charge in [-0.2, -0.15) is 5.10 Å². The van der Waals surface area contributed by atoms with Crippen LogP contribution in [0.2, 0.25) is 5.02 Å². The van der Waals surface area contributed by atoms with Gasteiger partial charge in [0.05, 0.1) is 29.1 Å². The zero-order valence-electron chi connectivity index (χ0n) is 11.0. The summed E-state index contributed by atoms with van der Waals surface area (Å²) in [4.78, 5) is 0. The Labute approximate surface area is 108 Å². The third kappa shape index (κ3) is 3.69. The molecule has 0 fully saturated rings. The second-order valence-electron chi connectivity index (χ2n) is 4.09. The minimum Gasteiger partial charge on any atom is -0.382 e. The molecule has 4 nitrogen and oxygen atoms in total. The molecular weight excluding hydrogens is 238 g/mol. The van der Waals surface area contributed by atoms with Crippen molar-refractivity contribution >= 4 is 11.6 Å². The maximum Gasteiger partial charge on any atom is 0.0834 e. The molecule has 2 atom stereocenters. The molecule has 0 bridgehead atoms. The highest BCUT2D eigenvalue weighted by atomic mass is 35.5. The van der Waals surface area contributed by atoms with E-state index >= 15 is 0 Å². The molecule has 1 heterocycles. The summed E-state index contributed by atoms with van der Waals surface area (Å²) in [5.41, 5.74) is 1.06. The molecule has 0 spiro atoms. The summed E-state index contributed by atoms with van der Waals surface area (Å²) in [6.07, 6.45) is 2.79. The fourth-order valence-electron chi connectivity index (χ4n) is 1.94. The fraction of sp³-hybridized carbons (Fsp3) is 0.750. The van der Waals surface area contributed by atoms with Crippen LogP contribution in [0.25, 0.3) is 0 Å². The van der Waals surface area contributed by atoms with E-state index < -0.39 is 0 Å². The summed E-state index contributed by atoms with van der Waals surface area (Å²) in [6.45, 7) is 7.93. The van der Waals surface area contributed by atoms with Crippen molar-refractivity contribution in [1.29, 1.82) is 0 Å². The molecule has 0 saturated heterocycles. The summed E-state index contributed by atoms with van der Waals surface area (Å²) in [5, 5.41) is 8.44. The van der Waals surface area contributed by atoms with Gasteiger partial charge in [-0.3, -0.25) is 4.68 Å². The highest BCUT2D eigenvalue weighted by Gasteiger charge is 2.21. The van der Waals surface area contributed by atoms with Gasteiger partial charge in [0, 0.05) is 13.7 Å². The minimum atomic E-state index is 0.185. The van der Waals surface area contributed by atoms with Gasteiger partial charge >= 0.3 is 0 Å². The van der Waals surface area contributed by atoms with Crippen LogP contribution in [0.3, 0.4) is 0 Å². The first-order chi connectivity index (χ1) is 8.13. The quantitative estimate of drug-likeness (QED) is 0.818. The molecule has 0 aliphatic carbocycles. The topological polar surface area (TPSA) is 39.1 Å². The molecule has 17 heavy (non-hydrogen) atoms. The van der Waals surface area contributed by atoms with Crippen molar-refractivity contribution in [1.82, 2.24) is 15.1 Å². The van der Waals surface area contributed by atoms with Crippen LogP contribution in [-0.4, -0.2) is 29.5 Å². The fourth-order valence-corrected chi connectivity index (χ4v) is 2.21. The number of hydrogen-bond donors (Lipinski definition) is 1. The van der Waals surface area contributed by atoms with E-state index in [2.05, 4.69) is 31.2 Å². The Hall–Kier alpha value is -0.580. The zero-order valence-corrected chi connectivity index (χ0v) is 11.8. The Morgan fingerprint density at radius 2 is 2.24 bits per heavy atom. The third-order valence-corrected chi connectivity index (χ3v) is 3.17. The first-order valence-electron chi connectivity index (χ1n) is 6.11. The van der Waals surface area contributed by atoms with Gasteiger partial charge in [0.1, 0.15) is 0 Å². The van der Waals surface area contributed by atoms with Gasteiger partial charge < -0.3 is 10.1 Å². The molecule has 0 aliphatic heterocycles.